The first-order chi connectivity index (χ1) is 9.60. The van der Waals surface area contributed by atoms with Crippen molar-refractivity contribution in [2.45, 2.75) is 20.3 Å². The van der Waals surface area contributed by atoms with Gasteiger partial charge in [-0.05, 0) is 37.1 Å². The van der Waals surface area contributed by atoms with Crippen LogP contribution in [-0.4, -0.2) is 23.6 Å². The number of rotatable bonds is 5. The molecule has 1 aromatic carbocycles. The predicted molar refractivity (Wildman–Crippen MR) is 81.9 cm³/mol. The highest BCUT2D eigenvalue weighted by Gasteiger charge is 2.06. The fraction of sp³-hybridized carbons (Fsp3) is 0.333. The van der Waals surface area contributed by atoms with Crippen LogP contribution in [0.15, 0.2) is 30.6 Å². The number of nitrogens with zero attached hydrogens (tertiary/aromatic N) is 3. The molecule has 0 fully saturated rings. The number of hydrogen-bond acceptors (Lipinski definition) is 4. The Morgan fingerprint density at radius 3 is 2.75 bits per heavy atom. The van der Waals surface area contributed by atoms with Crippen LogP contribution in [0.3, 0.4) is 0 Å². The first-order valence-electron chi connectivity index (χ1n) is 6.57. The van der Waals surface area contributed by atoms with Gasteiger partial charge in [0.15, 0.2) is 0 Å². The van der Waals surface area contributed by atoms with Gasteiger partial charge >= 0.3 is 0 Å². The Kier molecular flexibility index (Phi) is 4.79. The van der Waals surface area contributed by atoms with Crippen molar-refractivity contribution >= 4 is 17.4 Å². The molecule has 0 radical (unpaired) electrons. The quantitative estimate of drug-likeness (QED) is 0.832. The summed E-state index contributed by atoms with van der Waals surface area (Å²) in [4.78, 5) is 10.5. The van der Waals surface area contributed by atoms with Crippen LogP contribution in [0.2, 0.25) is 5.02 Å². The van der Waals surface area contributed by atoms with Crippen molar-refractivity contribution in [3.63, 3.8) is 0 Å². The van der Waals surface area contributed by atoms with Crippen LogP contribution in [0.4, 0.5) is 5.82 Å². The first kappa shape index (κ1) is 14.6. The van der Waals surface area contributed by atoms with Crippen molar-refractivity contribution in [3.8, 4) is 11.6 Å². The molecule has 0 N–H and O–H groups in total. The molecule has 0 aliphatic heterocycles. The predicted octanol–water partition coefficient (Wildman–Crippen LogP) is 4.08. The maximum absolute atomic E-state index is 6.00. The SMILES string of the molecule is CCCN(C)c1cc(Oc2ccc(Cl)c(C)c2)ncn1. The number of aromatic nitrogens is 2. The Morgan fingerprint density at radius 1 is 1.25 bits per heavy atom. The van der Waals surface area contributed by atoms with E-state index < -0.39 is 0 Å². The van der Waals surface area contributed by atoms with Crippen molar-refractivity contribution in [1.29, 1.82) is 0 Å². The zero-order valence-electron chi connectivity index (χ0n) is 11.9. The van der Waals surface area contributed by atoms with Gasteiger partial charge in [-0.2, -0.15) is 0 Å². The lowest BCUT2D eigenvalue weighted by Gasteiger charge is -2.17. The second-order valence-corrected chi connectivity index (χ2v) is 5.06. The van der Waals surface area contributed by atoms with Crippen molar-refractivity contribution in [2.24, 2.45) is 0 Å². The average molecular weight is 292 g/mol. The molecule has 0 saturated heterocycles. The molecule has 106 valence electrons. The Hall–Kier alpha value is -1.81. The van der Waals surface area contributed by atoms with Gasteiger partial charge in [-0.1, -0.05) is 18.5 Å². The summed E-state index contributed by atoms with van der Waals surface area (Å²) in [6.45, 7) is 5.01. The molecule has 0 aliphatic carbocycles. The monoisotopic (exact) mass is 291 g/mol. The molecule has 1 heterocycles. The smallest absolute Gasteiger partial charge is 0.224 e. The molecule has 0 bridgehead atoms. The van der Waals surface area contributed by atoms with Gasteiger partial charge in [0.25, 0.3) is 0 Å². The largest absolute Gasteiger partial charge is 0.439 e. The van der Waals surface area contributed by atoms with Gasteiger partial charge in [0.1, 0.15) is 17.9 Å². The summed E-state index contributed by atoms with van der Waals surface area (Å²) in [5.74, 6) is 2.09. The molecule has 4 nitrogen and oxygen atoms in total. The topological polar surface area (TPSA) is 38.2 Å². The second-order valence-electron chi connectivity index (χ2n) is 4.65. The Labute approximate surface area is 124 Å². The molecule has 0 amide bonds. The number of ether oxygens (including phenoxy) is 1. The first-order valence-corrected chi connectivity index (χ1v) is 6.95. The average Bonchev–Trinajstić information content (AvgIpc) is 2.43. The van der Waals surface area contributed by atoms with Gasteiger partial charge in [0, 0.05) is 24.7 Å². The third-order valence-corrected chi connectivity index (χ3v) is 3.35. The maximum atomic E-state index is 6.00. The van der Waals surface area contributed by atoms with Crippen LogP contribution in [0, 0.1) is 6.92 Å². The van der Waals surface area contributed by atoms with E-state index in [4.69, 9.17) is 16.3 Å². The molecule has 0 saturated carbocycles. The lowest BCUT2D eigenvalue weighted by molar-refractivity contribution is 0.461. The van der Waals surface area contributed by atoms with Gasteiger partial charge in [-0.25, -0.2) is 9.97 Å². The van der Waals surface area contributed by atoms with Crippen LogP contribution in [-0.2, 0) is 0 Å². The summed E-state index contributed by atoms with van der Waals surface area (Å²) in [7, 11) is 2.00. The van der Waals surface area contributed by atoms with Crippen LogP contribution >= 0.6 is 11.6 Å². The van der Waals surface area contributed by atoms with E-state index in [2.05, 4.69) is 21.8 Å². The van der Waals surface area contributed by atoms with E-state index in [-0.39, 0.29) is 0 Å². The Balaban J connectivity index is 2.16. The molecule has 0 spiro atoms. The van der Waals surface area contributed by atoms with E-state index in [1.54, 1.807) is 0 Å². The molecule has 0 aliphatic rings. The normalized spacial score (nSPS) is 10.4. The van der Waals surface area contributed by atoms with Gasteiger partial charge < -0.3 is 9.64 Å². The summed E-state index contributed by atoms with van der Waals surface area (Å²) in [5.41, 5.74) is 0.974. The molecule has 1 aromatic heterocycles. The molecular formula is C15H18ClN3O. The van der Waals surface area contributed by atoms with Crippen LogP contribution in [0.1, 0.15) is 18.9 Å². The maximum Gasteiger partial charge on any atom is 0.224 e. The van der Waals surface area contributed by atoms with E-state index in [9.17, 15) is 0 Å². The van der Waals surface area contributed by atoms with Gasteiger partial charge in [-0.3, -0.25) is 0 Å². The highest BCUT2D eigenvalue weighted by Crippen LogP contribution is 2.25. The third kappa shape index (κ3) is 3.61. The molecule has 0 unspecified atom stereocenters. The summed E-state index contributed by atoms with van der Waals surface area (Å²) in [6.07, 6.45) is 2.58. The summed E-state index contributed by atoms with van der Waals surface area (Å²) < 4.78 is 5.75. The number of halogens is 1. The number of benzene rings is 1. The molecule has 0 atom stereocenters. The van der Waals surface area contributed by atoms with Crippen molar-refractivity contribution in [1.82, 2.24) is 9.97 Å². The Morgan fingerprint density at radius 2 is 2.05 bits per heavy atom. The summed E-state index contributed by atoms with van der Waals surface area (Å²) >= 11 is 6.00. The molecule has 2 rings (SSSR count). The van der Waals surface area contributed by atoms with E-state index in [0.29, 0.717) is 5.88 Å². The number of anilines is 1. The minimum atomic E-state index is 0.527. The number of aryl methyl sites for hydroxylation is 1. The van der Waals surface area contributed by atoms with Crippen molar-refractivity contribution in [2.75, 3.05) is 18.5 Å². The van der Waals surface area contributed by atoms with Crippen molar-refractivity contribution < 1.29 is 4.74 Å². The lowest BCUT2D eigenvalue weighted by atomic mass is 10.2. The molecule has 20 heavy (non-hydrogen) atoms. The van der Waals surface area contributed by atoms with Gasteiger partial charge in [0.05, 0.1) is 0 Å². The van der Waals surface area contributed by atoms with Gasteiger partial charge in [-0.15, -0.1) is 0 Å². The van der Waals surface area contributed by atoms with Crippen LogP contribution in [0.5, 0.6) is 11.6 Å². The lowest BCUT2D eigenvalue weighted by Crippen LogP contribution is -2.19. The minimum absolute atomic E-state index is 0.527. The van der Waals surface area contributed by atoms with Crippen molar-refractivity contribution in [3.05, 3.63) is 41.2 Å². The fourth-order valence-electron chi connectivity index (χ4n) is 1.85. The van der Waals surface area contributed by atoms with E-state index >= 15 is 0 Å². The molecule has 5 heteroatoms. The van der Waals surface area contributed by atoms with E-state index in [0.717, 1.165) is 35.1 Å². The Bertz CT molecular complexity index is 589. The molecule has 2 aromatic rings. The minimum Gasteiger partial charge on any atom is -0.439 e. The van der Waals surface area contributed by atoms with Crippen LogP contribution in [0.25, 0.3) is 0 Å². The third-order valence-electron chi connectivity index (χ3n) is 2.93. The zero-order valence-corrected chi connectivity index (χ0v) is 12.7. The highest BCUT2D eigenvalue weighted by molar-refractivity contribution is 6.31. The highest BCUT2D eigenvalue weighted by atomic mass is 35.5. The van der Waals surface area contributed by atoms with Crippen LogP contribution < -0.4 is 9.64 Å². The summed E-state index contributed by atoms with van der Waals surface area (Å²) in [6, 6.07) is 7.36. The van der Waals surface area contributed by atoms with E-state index in [1.807, 2.05) is 38.2 Å². The zero-order chi connectivity index (χ0) is 14.5. The molecular weight excluding hydrogens is 274 g/mol. The van der Waals surface area contributed by atoms with Gasteiger partial charge in [0.2, 0.25) is 5.88 Å². The summed E-state index contributed by atoms with van der Waals surface area (Å²) in [5, 5.41) is 0.725. The number of hydrogen-bond donors (Lipinski definition) is 0. The fourth-order valence-corrected chi connectivity index (χ4v) is 1.96. The van der Waals surface area contributed by atoms with E-state index in [1.165, 1.54) is 6.33 Å². The second kappa shape index (κ2) is 6.57. The standard InChI is InChI=1S/C15H18ClN3O/c1-4-7-19(3)14-9-15(18-10-17-14)20-12-5-6-13(16)11(2)8-12/h5-6,8-10H,4,7H2,1-3H3.